The molecule has 0 radical (unpaired) electrons. The minimum absolute atomic E-state index is 0.0337. The maximum atomic E-state index is 6.68. The van der Waals surface area contributed by atoms with Crippen LogP contribution in [0.5, 0.6) is 0 Å². The first-order valence-corrected chi connectivity index (χ1v) is 23.6. The van der Waals surface area contributed by atoms with E-state index in [1.54, 1.807) is 0 Å². The summed E-state index contributed by atoms with van der Waals surface area (Å²) in [5.41, 5.74) is 22.0. The predicted molar refractivity (Wildman–Crippen MR) is 274 cm³/mol. The molecule has 0 saturated carbocycles. The zero-order valence-electron chi connectivity index (χ0n) is 38.7. The lowest BCUT2D eigenvalue weighted by atomic mass is 9.58. The number of nitrogens with one attached hydrogen (secondary N) is 1. The number of rotatable bonds is 5. The normalized spacial score (nSPS) is 17.4. The van der Waals surface area contributed by atoms with E-state index in [4.69, 9.17) is 4.42 Å². The minimum Gasteiger partial charge on any atom is -0.456 e. The molecule has 0 amide bonds. The van der Waals surface area contributed by atoms with Gasteiger partial charge < -0.3 is 14.3 Å². The Morgan fingerprint density at radius 3 is 1.84 bits per heavy atom. The number of nitrogens with zero attached hydrogens (tertiary/aromatic N) is 1. The third-order valence-electron chi connectivity index (χ3n) is 15.9. The van der Waals surface area contributed by atoms with Crippen LogP contribution in [0.15, 0.2) is 144 Å². The maximum Gasteiger partial charge on any atom is 0.198 e. The molecular formula is C60H57BN2O. The molecule has 12 rings (SSSR count). The number of hydrogen-bond acceptors (Lipinski definition) is 2. The van der Waals surface area contributed by atoms with E-state index >= 15 is 0 Å². The molecule has 0 bridgehead atoms. The Morgan fingerprint density at radius 2 is 1.14 bits per heavy atom. The van der Waals surface area contributed by atoms with E-state index in [9.17, 15) is 0 Å². The van der Waals surface area contributed by atoms with Gasteiger partial charge >= 0.3 is 0 Å². The van der Waals surface area contributed by atoms with Crippen molar-refractivity contribution in [2.45, 2.75) is 103 Å². The van der Waals surface area contributed by atoms with Crippen molar-refractivity contribution in [1.29, 1.82) is 0 Å². The number of para-hydroxylation sites is 1. The molecule has 0 spiro atoms. The van der Waals surface area contributed by atoms with Crippen LogP contribution in [0.25, 0.3) is 72.0 Å². The van der Waals surface area contributed by atoms with Crippen LogP contribution in [-0.2, 0) is 21.7 Å². The smallest absolute Gasteiger partial charge is 0.198 e. The van der Waals surface area contributed by atoms with Crippen molar-refractivity contribution in [3.05, 3.63) is 162 Å². The van der Waals surface area contributed by atoms with Gasteiger partial charge in [-0.05, 0) is 146 Å². The van der Waals surface area contributed by atoms with Gasteiger partial charge in [0, 0.05) is 49.9 Å². The number of hydrogen-bond donors (Lipinski definition) is 1. The highest BCUT2D eigenvalue weighted by molar-refractivity contribution is 6.74. The summed E-state index contributed by atoms with van der Waals surface area (Å²) in [6.45, 7) is 19.5. The van der Waals surface area contributed by atoms with Crippen molar-refractivity contribution in [2.75, 3.05) is 5.32 Å². The van der Waals surface area contributed by atoms with Crippen LogP contribution in [0.1, 0.15) is 103 Å². The van der Waals surface area contributed by atoms with Crippen LogP contribution in [0, 0.1) is 0 Å². The van der Waals surface area contributed by atoms with Crippen molar-refractivity contribution < 1.29 is 4.42 Å². The average molecular weight is 833 g/mol. The van der Waals surface area contributed by atoms with E-state index < -0.39 is 0 Å². The predicted octanol–water partition coefficient (Wildman–Crippen LogP) is 14.7. The first-order chi connectivity index (χ1) is 30.7. The summed E-state index contributed by atoms with van der Waals surface area (Å²) in [5, 5.41) is 7.87. The fourth-order valence-electron chi connectivity index (χ4n) is 11.9. The molecule has 3 aliphatic rings. The summed E-state index contributed by atoms with van der Waals surface area (Å²) in [5.74, 6) is 0.898. The SMILES string of the molecule is CC1(C)CCC(C)(C)c2cc(Nc3cc4c(cc3-c3cc(-c5ccccc5)c5c6ccccc6n6c5c3Bc3cc5oc(-c7ccccc7)cc5cc3-6)C(C)(C)CCC4(C)C)ccc21. The van der Waals surface area contributed by atoms with Gasteiger partial charge in [-0.2, -0.15) is 0 Å². The zero-order chi connectivity index (χ0) is 43.9. The lowest BCUT2D eigenvalue weighted by Gasteiger charge is -2.43. The summed E-state index contributed by atoms with van der Waals surface area (Å²) in [6, 6.07) is 52.4. The average Bonchev–Trinajstić information content (AvgIpc) is 3.87. The highest BCUT2D eigenvalue weighted by Crippen LogP contribution is 2.52. The number of furan rings is 1. The lowest BCUT2D eigenvalue weighted by molar-refractivity contribution is 0.332. The van der Waals surface area contributed by atoms with Gasteiger partial charge in [-0.3, -0.25) is 0 Å². The molecule has 0 unspecified atom stereocenters. The molecule has 2 aliphatic carbocycles. The highest BCUT2D eigenvalue weighted by Gasteiger charge is 2.40. The second-order valence-corrected chi connectivity index (χ2v) is 21.9. The van der Waals surface area contributed by atoms with Gasteiger partial charge in [0.2, 0.25) is 0 Å². The molecular weight excluding hydrogens is 775 g/mol. The second-order valence-electron chi connectivity index (χ2n) is 21.9. The van der Waals surface area contributed by atoms with Crippen molar-refractivity contribution >= 4 is 62.4 Å². The molecule has 1 aliphatic heterocycles. The monoisotopic (exact) mass is 832 g/mol. The van der Waals surface area contributed by atoms with Crippen LogP contribution in [-0.4, -0.2) is 11.8 Å². The maximum absolute atomic E-state index is 6.68. The van der Waals surface area contributed by atoms with Gasteiger partial charge in [0.05, 0.1) is 5.52 Å². The Morgan fingerprint density at radius 1 is 0.531 bits per heavy atom. The van der Waals surface area contributed by atoms with Crippen LogP contribution in [0.3, 0.4) is 0 Å². The van der Waals surface area contributed by atoms with E-state index in [-0.39, 0.29) is 21.7 Å². The summed E-state index contributed by atoms with van der Waals surface area (Å²) >= 11 is 0. The number of fused-ring (bicyclic) bond motifs is 8. The van der Waals surface area contributed by atoms with Crippen LogP contribution in [0.2, 0.25) is 0 Å². The van der Waals surface area contributed by atoms with Gasteiger partial charge in [0.1, 0.15) is 11.3 Å². The van der Waals surface area contributed by atoms with Crippen molar-refractivity contribution in [3.8, 4) is 39.3 Å². The van der Waals surface area contributed by atoms with Gasteiger partial charge in [-0.25, -0.2) is 0 Å². The molecule has 0 atom stereocenters. The number of benzene rings is 7. The van der Waals surface area contributed by atoms with Crippen LogP contribution in [0.4, 0.5) is 11.4 Å². The van der Waals surface area contributed by atoms with Crippen molar-refractivity contribution in [3.63, 3.8) is 0 Å². The summed E-state index contributed by atoms with van der Waals surface area (Å²) in [6.07, 6.45) is 4.70. The first kappa shape index (κ1) is 39.3. The standard InChI is InChI=1S/C60H57BN2O/c1-57(2)25-26-58(3,4)45-31-39(23-24-44(45)57)62-49-34-47-46(59(5,6)27-28-60(47,7)8)33-42(49)43-32-41(36-17-11-9-12-18-36)54-40-21-15-16-22-50(40)63-51-29-38-30-52(37-19-13-10-14-20-37)64-53(38)35-48(51)61-55(43)56(54)63/h9-24,29-35,61-62H,25-28H2,1-8H3. The van der Waals surface area contributed by atoms with Crippen LogP contribution >= 0.6 is 0 Å². The largest absolute Gasteiger partial charge is 0.456 e. The highest BCUT2D eigenvalue weighted by atomic mass is 16.3. The lowest BCUT2D eigenvalue weighted by Crippen LogP contribution is -2.37. The molecule has 1 N–H and O–H groups in total. The van der Waals surface area contributed by atoms with E-state index in [2.05, 4.69) is 205 Å². The van der Waals surface area contributed by atoms with E-state index in [1.165, 1.54) is 101 Å². The Balaban J connectivity index is 1.16. The second kappa shape index (κ2) is 13.6. The van der Waals surface area contributed by atoms with Gasteiger partial charge in [0.25, 0.3) is 0 Å². The Kier molecular flexibility index (Phi) is 8.38. The molecule has 9 aromatic rings. The van der Waals surface area contributed by atoms with Gasteiger partial charge in [-0.15, -0.1) is 0 Å². The molecule has 0 fully saturated rings. The number of anilines is 2. The van der Waals surface area contributed by atoms with E-state index in [0.717, 1.165) is 48.1 Å². The topological polar surface area (TPSA) is 30.1 Å². The molecule has 4 heteroatoms. The van der Waals surface area contributed by atoms with Gasteiger partial charge in [0.15, 0.2) is 7.28 Å². The zero-order valence-corrected chi connectivity index (χ0v) is 38.7. The molecule has 0 saturated heterocycles. The summed E-state index contributed by atoms with van der Waals surface area (Å²) in [4.78, 5) is 0. The van der Waals surface area contributed by atoms with Crippen molar-refractivity contribution in [2.24, 2.45) is 0 Å². The molecule has 2 aromatic heterocycles. The van der Waals surface area contributed by atoms with Crippen molar-refractivity contribution in [1.82, 2.24) is 4.57 Å². The molecule has 7 aromatic carbocycles. The molecule has 316 valence electrons. The third-order valence-corrected chi connectivity index (χ3v) is 15.9. The molecule has 3 nitrogen and oxygen atoms in total. The minimum atomic E-state index is 0.0337. The first-order valence-electron chi connectivity index (χ1n) is 23.6. The summed E-state index contributed by atoms with van der Waals surface area (Å²) in [7, 11) is 0.789. The number of aromatic nitrogens is 1. The Bertz CT molecular complexity index is 3380. The fraction of sp³-hybridized carbons (Fsp3) is 0.267. The third kappa shape index (κ3) is 5.94. The Labute approximate surface area is 378 Å². The molecule has 64 heavy (non-hydrogen) atoms. The molecule has 3 heterocycles. The quantitative estimate of drug-likeness (QED) is 0.175. The van der Waals surface area contributed by atoms with Crippen LogP contribution < -0.4 is 16.2 Å². The Hall–Kier alpha value is -6.26. The summed E-state index contributed by atoms with van der Waals surface area (Å²) < 4.78 is 9.26. The van der Waals surface area contributed by atoms with Gasteiger partial charge in [-0.1, -0.05) is 146 Å². The van der Waals surface area contributed by atoms with E-state index in [0.29, 0.717) is 0 Å². The fourth-order valence-corrected chi connectivity index (χ4v) is 11.9. The van der Waals surface area contributed by atoms with E-state index in [1.807, 2.05) is 0 Å².